The minimum atomic E-state index is -3.77. The SMILES string of the molecule is COc1cnc2c(-c3nc4c(C)cc(OCCNS(=O)(=O)c5ccc(F)cc5)cc4s3)cc(C#C[Si](C)(C)C)cc2n1. The predicted octanol–water partition coefficient (Wildman–Crippen LogP) is 5.95. The zero-order valence-electron chi connectivity index (χ0n) is 23.8. The summed E-state index contributed by atoms with van der Waals surface area (Å²) in [6.45, 7) is 8.69. The number of nitrogens with one attached hydrogen (secondary N) is 1. The Morgan fingerprint density at radius 1 is 1.05 bits per heavy atom. The van der Waals surface area contributed by atoms with Crippen molar-refractivity contribution in [3.8, 4) is 33.7 Å². The van der Waals surface area contributed by atoms with Gasteiger partial charge in [-0.3, -0.25) is 0 Å². The number of hydrogen-bond acceptors (Lipinski definition) is 8. The maximum absolute atomic E-state index is 13.1. The number of aromatic nitrogens is 3. The van der Waals surface area contributed by atoms with Gasteiger partial charge in [-0.1, -0.05) is 25.6 Å². The molecular formula is C30H29FN4O4S2Si. The van der Waals surface area contributed by atoms with Crippen molar-refractivity contribution in [1.29, 1.82) is 0 Å². The van der Waals surface area contributed by atoms with E-state index < -0.39 is 23.9 Å². The predicted molar refractivity (Wildman–Crippen MR) is 167 cm³/mol. The Labute approximate surface area is 249 Å². The third-order valence-electron chi connectivity index (χ3n) is 6.09. The average molecular weight is 621 g/mol. The summed E-state index contributed by atoms with van der Waals surface area (Å²) in [4.78, 5) is 14.2. The molecule has 0 radical (unpaired) electrons. The smallest absolute Gasteiger partial charge is 0.240 e. The number of benzene rings is 3. The summed E-state index contributed by atoms with van der Waals surface area (Å²) in [5.74, 6) is 3.84. The third kappa shape index (κ3) is 6.76. The molecule has 0 aliphatic heterocycles. The van der Waals surface area contributed by atoms with Crippen molar-refractivity contribution in [2.45, 2.75) is 31.5 Å². The van der Waals surface area contributed by atoms with Crippen molar-refractivity contribution in [3.05, 3.63) is 71.7 Å². The fourth-order valence-electron chi connectivity index (χ4n) is 4.11. The van der Waals surface area contributed by atoms with E-state index in [1.807, 2.05) is 31.2 Å². The van der Waals surface area contributed by atoms with Crippen LogP contribution in [0.15, 0.2) is 59.6 Å². The van der Waals surface area contributed by atoms with Crippen LogP contribution in [0.1, 0.15) is 11.1 Å². The number of sulfonamides is 1. The first-order valence-electron chi connectivity index (χ1n) is 13.1. The van der Waals surface area contributed by atoms with Gasteiger partial charge >= 0.3 is 0 Å². The van der Waals surface area contributed by atoms with Crippen LogP contribution in [0.5, 0.6) is 11.6 Å². The molecule has 2 heterocycles. The Morgan fingerprint density at radius 2 is 1.81 bits per heavy atom. The number of rotatable bonds is 8. The van der Waals surface area contributed by atoms with Gasteiger partial charge in [0.15, 0.2) is 0 Å². The maximum atomic E-state index is 13.1. The largest absolute Gasteiger partial charge is 0.492 e. The number of fused-ring (bicyclic) bond motifs is 2. The average Bonchev–Trinajstić information content (AvgIpc) is 3.38. The van der Waals surface area contributed by atoms with E-state index in [4.69, 9.17) is 14.5 Å². The molecule has 0 saturated heterocycles. The number of thiazole rings is 1. The summed E-state index contributed by atoms with van der Waals surface area (Å²) >= 11 is 1.51. The number of nitrogens with zero attached hydrogens (tertiary/aromatic N) is 3. The van der Waals surface area contributed by atoms with Gasteiger partial charge in [0.1, 0.15) is 31.3 Å². The molecule has 5 aromatic rings. The van der Waals surface area contributed by atoms with Crippen LogP contribution in [0.4, 0.5) is 4.39 Å². The molecule has 3 aromatic carbocycles. The lowest BCUT2D eigenvalue weighted by Crippen LogP contribution is -2.28. The van der Waals surface area contributed by atoms with Gasteiger partial charge in [0.2, 0.25) is 15.9 Å². The van der Waals surface area contributed by atoms with E-state index in [1.54, 1.807) is 13.3 Å². The molecule has 0 aliphatic rings. The fourth-order valence-corrected chi connectivity index (χ4v) is 6.73. The van der Waals surface area contributed by atoms with Gasteiger partial charge in [0, 0.05) is 17.7 Å². The second kappa shape index (κ2) is 11.8. The zero-order chi connectivity index (χ0) is 30.1. The molecule has 0 bridgehead atoms. The van der Waals surface area contributed by atoms with Gasteiger partial charge in [-0.2, -0.15) is 0 Å². The molecule has 12 heteroatoms. The minimum absolute atomic E-state index is 0.00968. The number of methoxy groups -OCH3 is 1. The Kier molecular flexibility index (Phi) is 8.29. The van der Waals surface area contributed by atoms with Gasteiger partial charge < -0.3 is 9.47 Å². The number of ether oxygens (including phenoxy) is 2. The number of aryl methyl sites for hydroxylation is 1. The summed E-state index contributed by atoms with van der Waals surface area (Å²) in [5, 5.41) is 0.776. The highest BCUT2D eigenvalue weighted by Crippen LogP contribution is 2.37. The molecular weight excluding hydrogens is 592 g/mol. The second-order valence-corrected chi connectivity index (χ2v) is 18.2. The van der Waals surface area contributed by atoms with Crippen LogP contribution in [0, 0.1) is 24.2 Å². The lowest BCUT2D eigenvalue weighted by Gasteiger charge is -2.09. The molecule has 8 nitrogen and oxygen atoms in total. The highest BCUT2D eigenvalue weighted by molar-refractivity contribution is 7.89. The van der Waals surface area contributed by atoms with Gasteiger partial charge in [0.25, 0.3) is 0 Å². The maximum Gasteiger partial charge on any atom is 0.240 e. The summed E-state index contributed by atoms with van der Waals surface area (Å²) < 4.78 is 52.6. The summed E-state index contributed by atoms with van der Waals surface area (Å²) in [6.07, 6.45) is 1.59. The highest BCUT2D eigenvalue weighted by atomic mass is 32.2. The monoisotopic (exact) mass is 620 g/mol. The zero-order valence-corrected chi connectivity index (χ0v) is 26.4. The molecule has 1 N–H and O–H groups in total. The Balaban J connectivity index is 1.41. The van der Waals surface area contributed by atoms with Crippen LogP contribution in [-0.2, 0) is 10.0 Å². The Bertz CT molecular complexity index is 1960. The molecule has 0 aliphatic carbocycles. The lowest BCUT2D eigenvalue weighted by molar-refractivity contribution is 0.323. The van der Waals surface area contributed by atoms with Crippen molar-refractivity contribution >= 4 is 50.7 Å². The summed E-state index contributed by atoms with van der Waals surface area (Å²) in [5.41, 5.74) is 8.23. The van der Waals surface area contributed by atoms with Crippen LogP contribution in [0.2, 0.25) is 19.6 Å². The third-order valence-corrected chi connectivity index (χ3v) is 9.48. The van der Waals surface area contributed by atoms with Crippen molar-refractivity contribution in [2.75, 3.05) is 20.3 Å². The summed E-state index contributed by atoms with van der Waals surface area (Å²) in [7, 11) is -3.82. The normalized spacial score (nSPS) is 11.9. The topological polar surface area (TPSA) is 103 Å². The van der Waals surface area contributed by atoms with E-state index in [1.165, 1.54) is 23.5 Å². The first kappa shape index (κ1) is 29.6. The van der Waals surface area contributed by atoms with Crippen LogP contribution in [0.3, 0.4) is 0 Å². The first-order chi connectivity index (χ1) is 19.9. The summed E-state index contributed by atoms with van der Waals surface area (Å²) in [6, 6.07) is 12.4. The molecule has 216 valence electrons. The minimum Gasteiger partial charge on any atom is -0.492 e. The van der Waals surface area contributed by atoms with E-state index in [-0.39, 0.29) is 18.0 Å². The van der Waals surface area contributed by atoms with E-state index in [0.29, 0.717) is 22.7 Å². The molecule has 2 aromatic heterocycles. The number of halogens is 1. The molecule has 0 saturated carbocycles. The van der Waals surface area contributed by atoms with E-state index in [9.17, 15) is 12.8 Å². The quantitative estimate of drug-likeness (QED) is 0.130. The molecule has 0 spiro atoms. The second-order valence-electron chi connectivity index (χ2n) is 10.6. The van der Waals surface area contributed by atoms with E-state index >= 15 is 0 Å². The molecule has 0 atom stereocenters. The van der Waals surface area contributed by atoms with Crippen LogP contribution in [-0.4, -0.2) is 51.7 Å². The van der Waals surface area contributed by atoms with Gasteiger partial charge in [0.05, 0.1) is 39.5 Å². The van der Waals surface area contributed by atoms with Gasteiger partial charge in [-0.15, -0.1) is 16.9 Å². The van der Waals surface area contributed by atoms with Crippen molar-refractivity contribution in [1.82, 2.24) is 19.7 Å². The molecule has 5 rings (SSSR count). The fraction of sp³-hybridized carbons (Fsp3) is 0.233. The van der Waals surface area contributed by atoms with E-state index in [0.717, 1.165) is 44.0 Å². The number of hydrogen-bond donors (Lipinski definition) is 1. The standard InChI is InChI=1S/C30H29FN4O4S2Si/c1-19-14-22(39-12-11-33-41(36,37)23-8-6-21(31)7-9-23)17-26-28(19)35-30(40-26)24-15-20(10-13-42(3,4)5)16-25-29(24)32-18-27(34-25)38-2/h6-9,14-18,33H,11-12H2,1-5H3. The van der Waals surface area contributed by atoms with Crippen molar-refractivity contribution in [2.24, 2.45) is 0 Å². The lowest BCUT2D eigenvalue weighted by atomic mass is 10.1. The molecule has 0 unspecified atom stereocenters. The van der Waals surface area contributed by atoms with Crippen molar-refractivity contribution in [3.63, 3.8) is 0 Å². The van der Waals surface area contributed by atoms with Crippen molar-refractivity contribution < 1.29 is 22.3 Å². The van der Waals surface area contributed by atoms with E-state index in [2.05, 4.69) is 45.8 Å². The van der Waals surface area contributed by atoms with Gasteiger partial charge in [-0.05, 0) is 61.0 Å². The van der Waals surface area contributed by atoms with Gasteiger partial charge in [-0.25, -0.2) is 32.5 Å². The Morgan fingerprint density at radius 3 is 2.52 bits per heavy atom. The van der Waals surface area contributed by atoms with Crippen LogP contribution in [0.25, 0.3) is 31.8 Å². The molecule has 0 fully saturated rings. The molecule has 0 amide bonds. The Hall–Kier alpha value is -3.89. The first-order valence-corrected chi connectivity index (χ1v) is 18.9. The molecule has 42 heavy (non-hydrogen) atoms. The van der Waals surface area contributed by atoms with Crippen LogP contribution >= 0.6 is 11.3 Å². The van der Waals surface area contributed by atoms with Crippen LogP contribution < -0.4 is 14.2 Å². The highest BCUT2D eigenvalue weighted by Gasteiger charge is 2.17.